The van der Waals surface area contributed by atoms with E-state index in [4.69, 9.17) is 15.2 Å². The van der Waals surface area contributed by atoms with Crippen molar-refractivity contribution in [2.24, 2.45) is 10.7 Å². The zero-order valence-corrected chi connectivity index (χ0v) is 10.7. The molecule has 0 fully saturated rings. The molecule has 0 spiro atoms. The molecule has 2 atom stereocenters. The Morgan fingerprint density at radius 1 is 1.42 bits per heavy atom. The Labute approximate surface area is 111 Å². The van der Waals surface area contributed by atoms with Crippen molar-refractivity contribution in [3.63, 3.8) is 0 Å². The molecule has 2 rings (SSSR count). The molecule has 19 heavy (non-hydrogen) atoms. The normalized spacial score (nSPS) is 19.6. The van der Waals surface area contributed by atoms with E-state index in [2.05, 4.69) is 4.99 Å². The van der Waals surface area contributed by atoms with E-state index < -0.39 is 0 Å². The number of rotatable bonds is 5. The molecule has 0 bridgehead atoms. The van der Waals surface area contributed by atoms with Crippen molar-refractivity contribution < 1.29 is 19.7 Å². The first kappa shape index (κ1) is 13.3. The molecule has 1 aliphatic heterocycles. The molecule has 104 valence electrons. The molecule has 4 N–H and O–H groups in total. The zero-order valence-electron chi connectivity index (χ0n) is 10.7. The maximum absolute atomic E-state index is 9.40. The molecule has 1 aromatic rings. The Morgan fingerprint density at radius 3 is 2.63 bits per heavy atom. The highest BCUT2D eigenvalue weighted by Crippen LogP contribution is 2.27. The Bertz CT molecular complexity index is 455. The summed E-state index contributed by atoms with van der Waals surface area (Å²) in [7, 11) is 0. The number of hydrogen-bond acceptors (Lipinski definition) is 6. The number of aliphatic imine (C=N–C) groups is 1. The van der Waals surface area contributed by atoms with Gasteiger partial charge in [-0.2, -0.15) is 0 Å². The third-order valence-electron chi connectivity index (χ3n) is 2.90. The Kier molecular flexibility index (Phi) is 3.99. The van der Waals surface area contributed by atoms with Crippen LogP contribution in [0.25, 0.3) is 0 Å². The zero-order chi connectivity index (χ0) is 13.8. The van der Waals surface area contributed by atoms with Crippen LogP contribution in [0.1, 0.15) is 19.8 Å². The van der Waals surface area contributed by atoms with E-state index in [-0.39, 0.29) is 29.7 Å². The predicted molar refractivity (Wildman–Crippen MR) is 70.5 cm³/mol. The lowest BCUT2D eigenvalue weighted by Crippen LogP contribution is -2.22. The van der Waals surface area contributed by atoms with Crippen molar-refractivity contribution in [3.8, 4) is 17.2 Å². The van der Waals surface area contributed by atoms with Gasteiger partial charge in [-0.3, -0.25) is 0 Å². The van der Waals surface area contributed by atoms with Crippen LogP contribution in [0, 0.1) is 0 Å². The summed E-state index contributed by atoms with van der Waals surface area (Å²) in [5, 5.41) is 18.8. The smallest absolute Gasteiger partial charge is 0.282 e. The number of phenols is 2. The van der Waals surface area contributed by atoms with Crippen LogP contribution in [-0.2, 0) is 4.74 Å². The molecule has 0 saturated heterocycles. The summed E-state index contributed by atoms with van der Waals surface area (Å²) in [5.74, 6) is 0.368. The molecular formula is C13H18N2O4. The summed E-state index contributed by atoms with van der Waals surface area (Å²) in [6.45, 7) is 2.47. The number of phenolic OH excluding ortho intramolecular Hbond substituents is 2. The van der Waals surface area contributed by atoms with Gasteiger partial charge in [-0.25, -0.2) is 4.99 Å². The highest BCUT2D eigenvalue weighted by Gasteiger charge is 2.22. The molecule has 1 aromatic carbocycles. The van der Waals surface area contributed by atoms with Gasteiger partial charge >= 0.3 is 0 Å². The highest BCUT2D eigenvalue weighted by molar-refractivity contribution is 5.73. The largest absolute Gasteiger partial charge is 0.508 e. The Hall–Kier alpha value is -2.11. The molecule has 1 heterocycles. The molecule has 0 saturated carbocycles. The lowest BCUT2D eigenvalue weighted by molar-refractivity contribution is 0.167. The summed E-state index contributed by atoms with van der Waals surface area (Å²) >= 11 is 0. The summed E-state index contributed by atoms with van der Waals surface area (Å²) in [4.78, 5) is 4.15. The maximum Gasteiger partial charge on any atom is 0.282 e. The van der Waals surface area contributed by atoms with Crippen molar-refractivity contribution in [2.45, 2.75) is 31.9 Å². The van der Waals surface area contributed by atoms with Crippen LogP contribution in [0.2, 0.25) is 0 Å². The molecule has 0 aliphatic carbocycles. The fourth-order valence-electron chi connectivity index (χ4n) is 1.99. The summed E-state index contributed by atoms with van der Waals surface area (Å²) in [5.41, 5.74) is 5.46. The number of hydrogen-bond donors (Lipinski definition) is 3. The van der Waals surface area contributed by atoms with Crippen molar-refractivity contribution in [1.29, 1.82) is 0 Å². The van der Waals surface area contributed by atoms with E-state index in [1.807, 2.05) is 6.92 Å². The lowest BCUT2D eigenvalue weighted by atomic mass is 10.1. The summed E-state index contributed by atoms with van der Waals surface area (Å²) in [6.07, 6.45) is 1.38. The van der Waals surface area contributed by atoms with Gasteiger partial charge in [0.25, 0.3) is 6.02 Å². The van der Waals surface area contributed by atoms with Gasteiger partial charge in [0.1, 0.15) is 30.0 Å². The van der Waals surface area contributed by atoms with Crippen molar-refractivity contribution in [2.75, 3.05) is 6.61 Å². The maximum atomic E-state index is 9.40. The van der Waals surface area contributed by atoms with Gasteiger partial charge in [0.15, 0.2) is 0 Å². The van der Waals surface area contributed by atoms with E-state index in [0.29, 0.717) is 18.8 Å². The standard InChI is InChI=1S/C13H18N2O4/c1-2-11(3-8-7-18-13(14)15-8)19-12-5-9(16)4-10(17)6-12/h4-6,8,11,16-17H,2-3,7H2,1H3,(H2,14,15)/t8?,11-/m0/s1. The summed E-state index contributed by atoms with van der Waals surface area (Å²) < 4.78 is 10.8. The minimum absolute atomic E-state index is 0.00384. The topological polar surface area (TPSA) is 97.3 Å². The van der Waals surface area contributed by atoms with E-state index in [0.717, 1.165) is 6.42 Å². The Balaban J connectivity index is 1.98. The minimum Gasteiger partial charge on any atom is -0.508 e. The van der Waals surface area contributed by atoms with Crippen LogP contribution in [-0.4, -0.2) is 35.0 Å². The van der Waals surface area contributed by atoms with E-state index in [1.54, 1.807) is 0 Å². The van der Waals surface area contributed by atoms with Gasteiger partial charge in [0.05, 0.1) is 6.04 Å². The quantitative estimate of drug-likeness (QED) is 0.747. The molecule has 6 nitrogen and oxygen atoms in total. The fraction of sp³-hybridized carbons (Fsp3) is 0.462. The van der Waals surface area contributed by atoms with Gasteiger partial charge < -0.3 is 25.4 Å². The third-order valence-corrected chi connectivity index (χ3v) is 2.90. The van der Waals surface area contributed by atoms with Crippen molar-refractivity contribution >= 4 is 6.02 Å². The molecular weight excluding hydrogens is 248 g/mol. The average molecular weight is 266 g/mol. The number of aromatic hydroxyl groups is 2. The van der Waals surface area contributed by atoms with Crippen LogP contribution in [0.15, 0.2) is 23.2 Å². The monoisotopic (exact) mass is 266 g/mol. The average Bonchev–Trinajstić information content (AvgIpc) is 2.72. The van der Waals surface area contributed by atoms with Crippen LogP contribution in [0.5, 0.6) is 17.2 Å². The van der Waals surface area contributed by atoms with Crippen LogP contribution < -0.4 is 10.5 Å². The van der Waals surface area contributed by atoms with Crippen LogP contribution in [0.3, 0.4) is 0 Å². The first-order valence-corrected chi connectivity index (χ1v) is 6.22. The molecule has 1 aliphatic rings. The van der Waals surface area contributed by atoms with Gasteiger partial charge in [0, 0.05) is 24.6 Å². The minimum atomic E-state index is -0.0792. The number of amidine groups is 1. The third kappa shape index (κ3) is 3.67. The van der Waals surface area contributed by atoms with Crippen molar-refractivity contribution in [3.05, 3.63) is 18.2 Å². The van der Waals surface area contributed by atoms with Crippen LogP contribution in [0.4, 0.5) is 0 Å². The second-order valence-corrected chi connectivity index (χ2v) is 4.50. The fourth-order valence-corrected chi connectivity index (χ4v) is 1.99. The van der Waals surface area contributed by atoms with Gasteiger partial charge in [0.2, 0.25) is 0 Å². The van der Waals surface area contributed by atoms with E-state index in [1.165, 1.54) is 18.2 Å². The first-order valence-electron chi connectivity index (χ1n) is 6.22. The number of ether oxygens (including phenoxy) is 2. The SMILES string of the molecule is CC[C@@H](CC1COC(N)=N1)Oc1cc(O)cc(O)c1. The molecule has 0 aromatic heterocycles. The number of nitrogens with two attached hydrogens (primary N) is 1. The highest BCUT2D eigenvalue weighted by atomic mass is 16.5. The molecule has 0 radical (unpaired) electrons. The molecule has 6 heteroatoms. The number of nitrogens with zero attached hydrogens (tertiary/aromatic N) is 1. The molecule has 0 amide bonds. The van der Waals surface area contributed by atoms with Gasteiger partial charge in [-0.1, -0.05) is 6.92 Å². The van der Waals surface area contributed by atoms with E-state index >= 15 is 0 Å². The first-order chi connectivity index (χ1) is 9.06. The molecule has 1 unspecified atom stereocenters. The number of benzene rings is 1. The lowest BCUT2D eigenvalue weighted by Gasteiger charge is -2.19. The van der Waals surface area contributed by atoms with E-state index in [9.17, 15) is 10.2 Å². The van der Waals surface area contributed by atoms with Gasteiger partial charge in [-0.05, 0) is 6.42 Å². The summed E-state index contributed by atoms with van der Waals surface area (Å²) in [6, 6.07) is 4.39. The van der Waals surface area contributed by atoms with Gasteiger partial charge in [-0.15, -0.1) is 0 Å². The Morgan fingerprint density at radius 2 is 2.11 bits per heavy atom. The van der Waals surface area contributed by atoms with Crippen molar-refractivity contribution in [1.82, 2.24) is 0 Å². The second kappa shape index (κ2) is 5.69. The predicted octanol–water partition coefficient (Wildman–Crippen LogP) is 1.36. The van der Waals surface area contributed by atoms with Crippen LogP contribution >= 0.6 is 0 Å². The second-order valence-electron chi connectivity index (χ2n) is 4.50.